The van der Waals surface area contributed by atoms with Crippen LogP contribution in [0.1, 0.15) is 24.7 Å². The van der Waals surface area contributed by atoms with E-state index in [1.165, 1.54) is 0 Å². The summed E-state index contributed by atoms with van der Waals surface area (Å²) in [7, 11) is 0. The highest BCUT2D eigenvalue weighted by atomic mass is 79.9. The highest BCUT2D eigenvalue weighted by Crippen LogP contribution is 2.22. The minimum absolute atomic E-state index is 0.143. The number of aliphatic carboxylic acids is 1. The SMILES string of the molecule is CCn1nc(C)c(Br)c1CCC(=O)O. The largest absolute Gasteiger partial charge is 0.481 e. The van der Waals surface area contributed by atoms with E-state index in [2.05, 4.69) is 21.0 Å². The number of aryl methyl sites for hydroxylation is 2. The molecule has 0 saturated carbocycles. The van der Waals surface area contributed by atoms with Gasteiger partial charge in [-0.25, -0.2) is 0 Å². The normalized spacial score (nSPS) is 10.5. The Hall–Kier alpha value is -0.840. The van der Waals surface area contributed by atoms with Gasteiger partial charge in [-0.05, 0) is 29.8 Å². The maximum atomic E-state index is 10.4. The number of halogens is 1. The Balaban J connectivity index is 2.88. The predicted octanol–water partition coefficient (Wildman–Crippen LogP) is 1.99. The number of hydrogen-bond donors (Lipinski definition) is 1. The first kappa shape index (κ1) is 11.2. The molecule has 0 spiro atoms. The van der Waals surface area contributed by atoms with Crippen LogP contribution in [0.2, 0.25) is 0 Å². The van der Waals surface area contributed by atoms with Crippen molar-refractivity contribution >= 4 is 21.9 Å². The number of nitrogens with zero attached hydrogens (tertiary/aromatic N) is 2. The zero-order valence-corrected chi connectivity index (χ0v) is 9.84. The van der Waals surface area contributed by atoms with Crippen LogP contribution >= 0.6 is 15.9 Å². The van der Waals surface area contributed by atoms with Crippen LogP contribution in [0.4, 0.5) is 0 Å². The summed E-state index contributed by atoms with van der Waals surface area (Å²) in [6.07, 6.45) is 0.661. The van der Waals surface area contributed by atoms with Crippen LogP contribution < -0.4 is 0 Å². The lowest BCUT2D eigenvalue weighted by atomic mass is 10.2. The van der Waals surface area contributed by atoms with Crippen LogP contribution in [0.15, 0.2) is 4.47 Å². The molecule has 0 fully saturated rings. The molecule has 0 atom stereocenters. The van der Waals surface area contributed by atoms with Crippen LogP contribution in [-0.2, 0) is 17.8 Å². The van der Waals surface area contributed by atoms with Gasteiger partial charge in [0.15, 0.2) is 0 Å². The number of carbonyl (C=O) groups is 1. The summed E-state index contributed by atoms with van der Waals surface area (Å²) in [5.74, 6) is -0.779. The van der Waals surface area contributed by atoms with Crippen molar-refractivity contribution in [3.05, 3.63) is 15.9 Å². The number of carboxylic acid groups (broad SMARTS) is 1. The second kappa shape index (κ2) is 4.59. The third-order valence-electron chi connectivity index (χ3n) is 2.03. The maximum absolute atomic E-state index is 10.4. The van der Waals surface area contributed by atoms with Crippen LogP contribution in [-0.4, -0.2) is 20.9 Å². The first-order chi connectivity index (χ1) is 6.56. The summed E-state index contributed by atoms with van der Waals surface area (Å²) in [5, 5.41) is 12.9. The molecule has 4 nitrogen and oxygen atoms in total. The lowest BCUT2D eigenvalue weighted by Crippen LogP contribution is -2.06. The minimum atomic E-state index is -0.779. The molecule has 0 aliphatic heterocycles. The first-order valence-electron chi connectivity index (χ1n) is 4.49. The Kier molecular flexibility index (Phi) is 3.69. The highest BCUT2D eigenvalue weighted by molar-refractivity contribution is 9.10. The molecule has 1 aromatic rings. The smallest absolute Gasteiger partial charge is 0.303 e. The van der Waals surface area contributed by atoms with E-state index in [9.17, 15) is 4.79 Å². The third-order valence-corrected chi connectivity index (χ3v) is 3.06. The summed E-state index contributed by atoms with van der Waals surface area (Å²) in [6, 6.07) is 0. The van der Waals surface area contributed by atoms with Crippen molar-refractivity contribution in [1.29, 1.82) is 0 Å². The molecule has 1 heterocycles. The molecule has 0 aliphatic rings. The second-order valence-electron chi connectivity index (χ2n) is 3.06. The molecule has 1 aromatic heterocycles. The summed E-state index contributed by atoms with van der Waals surface area (Å²) >= 11 is 3.42. The zero-order valence-electron chi connectivity index (χ0n) is 8.25. The van der Waals surface area contributed by atoms with Crippen molar-refractivity contribution in [2.24, 2.45) is 0 Å². The first-order valence-corrected chi connectivity index (χ1v) is 5.29. The van der Waals surface area contributed by atoms with Gasteiger partial charge < -0.3 is 5.11 Å². The fourth-order valence-electron chi connectivity index (χ4n) is 1.33. The van der Waals surface area contributed by atoms with Gasteiger partial charge in [0.25, 0.3) is 0 Å². The Labute approximate surface area is 91.1 Å². The van der Waals surface area contributed by atoms with Gasteiger partial charge in [-0.1, -0.05) is 0 Å². The molecule has 0 aromatic carbocycles. The maximum Gasteiger partial charge on any atom is 0.303 e. The van der Waals surface area contributed by atoms with E-state index in [4.69, 9.17) is 5.11 Å². The molecular formula is C9H13BrN2O2. The summed E-state index contributed by atoms with van der Waals surface area (Å²) in [4.78, 5) is 10.4. The van der Waals surface area contributed by atoms with Gasteiger partial charge in [-0.2, -0.15) is 5.10 Å². The minimum Gasteiger partial charge on any atom is -0.481 e. The number of hydrogen-bond acceptors (Lipinski definition) is 2. The summed E-state index contributed by atoms with van der Waals surface area (Å²) in [6.45, 7) is 4.66. The van der Waals surface area contributed by atoms with Crippen molar-refractivity contribution in [2.75, 3.05) is 0 Å². The van der Waals surface area contributed by atoms with E-state index >= 15 is 0 Å². The van der Waals surface area contributed by atoms with Crippen LogP contribution in [0.3, 0.4) is 0 Å². The summed E-state index contributed by atoms with van der Waals surface area (Å²) in [5.41, 5.74) is 1.87. The predicted molar refractivity (Wildman–Crippen MR) is 56.3 cm³/mol. The Morgan fingerprint density at radius 2 is 2.29 bits per heavy atom. The summed E-state index contributed by atoms with van der Waals surface area (Å²) < 4.78 is 2.77. The number of rotatable bonds is 4. The molecule has 5 heteroatoms. The Morgan fingerprint density at radius 3 is 2.79 bits per heavy atom. The topological polar surface area (TPSA) is 55.1 Å². The van der Waals surface area contributed by atoms with Crippen LogP contribution in [0.25, 0.3) is 0 Å². The van der Waals surface area contributed by atoms with E-state index in [0.717, 1.165) is 22.4 Å². The zero-order chi connectivity index (χ0) is 10.7. The molecule has 0 unspecified atom stereocenters. The van der Waals surface area contributed by atoms with E-state index in [-0.39, 0.29) is 6.42 Å². The van der Waals surface area contributed by atoms with Crippen molar-refractivity contribution in [3.63, 3.8) is 0 Å². The molecule has 78 valence electrons. The lowest BCUT2D eigenvalue weighted by Gasteiger charge is -2.02. The molecule has 1 N–H and O–H groups in total. The fourth-order valence-corrected chi connectivity index (χ4v) is 1.82. The van der Waals surface area contributed by atoms with Gasteiger partial charge in [0, 0.05) is 13.0 Å². The third kappa shape index (κ3) is 2.35. The van der Waals surface area contributed by atoms with Crippen LogP contribution in [0, 0.1) is 6.92 Å². The highest BCUT2D eigenvalue weighted by Gasteiger charge is 2.12. The van der Waals surface area contributed by atoms with E-state index in [1.54, 1.807) is 0 Å². The molecule has 0 saturated heterocycles. The quantitative estimate of drug-likeness (QED) is 0.901. The second-order valence-corrected chi connectivity index (χ2v) is 3.85. The van der Waals surface area contributed by atoms with Gasteiger partial charge in [-0.15, -0.1) is 0 Å². The van der Waals surface area contributed by atoms with Crippen molar-refractivity contribution < 1.29 is 9.90 Å². The van der Waals surface area contributed by atoms with Crippen molar-refractivity contribution in [2.45, 2.75) is 33.2 Å². The average molecular weight is 261 g/mol. The standard InChI is InChI=1S/C9H13BrN2O2/c1-3-12-7(4-5-8(13)14)9(10)6(2)11-12/h3-5H2,1-2H3,(H,13,14). The molecule has 0 bridgehead atoms. The van der Waals surface area contributed by atoms with E-state index in [0.29, 0.717) is 6.42 Å². The van der Waals surface area contributed by atoms with Gasteiger partial charge in [0.05, 0.1) is 22.3 Å². The fraction of sp³-hybridized carbons (Fsp3) is 0.556. The van der Waals surface area contributed by atoms with Gasteiger partial charge in [-0.3, -0.25) is 9.48 Å². The Bertz CT molecular complexity index is 347. The number of aromatic nitrogens is 2. The molecule has 0 amide bonds. The molecule has 0 radical (unpaired) electrons. The van der Waals surface area contributed by atoms with Gasteiger partial charge >= 0.3 is 5.97 Å². The monoisotopic (exact) mass is 260 g/mol. The molecule has 1 rings (SSSR count). The Morgan fingerprint density at radius 1 is 1.64 bits per heavy atom. The number of carboxylic acids is 1. The molecule has 0 aliphatic carbocycles. The lowest BCUT2D eigenvalue weighted by molar-refractivity contribution is -0.136. The van der Waals surface area contributed by atoms with Crippen molar-refractivity contribution in [1.82, 2.24) is 9.78 Å². The van der Waals surface area contributed by atoms with E-state index in [1.807, 2.05) is 18.5 Å². The average Bonchev–Trinajstić information content (AvgIpc) is 2.40. The van der Waals surface area contributed by atoms with Crippen molar-refractivity contribution in [3.8, 4) is 0 Å². The molecular weight excluding hydrogens is 248 g/mol. The van der Waals surface area contributed by atoms with Crippen LogP contribution in [0.5, 0.6) is 0 Å². The van der Waals surface area contributed by atoms with Gasteiger partial charge in [0.2, 0.25) is 0 Å². The van der Waals surface area contributed by atoms with Gasteiger partial charge in [0.1, 0.15) is 0 Å². The molecule has 14 heavy (non-hydrogen) atoms. The van der Waals surface area contributed by atoms with E-state index < -0.39 is 5.97 Å².